The molecule has 0 unspecified atom stereocenters. The monoisotopic (exact) mass is 362 g/mol. The van der Waals surface area contributed by atoms with Crippen LogP contribution in [0.15, 0.2) is 73.0 Å². The van der Waals surface area contributed by atoms with E-state index in [2.05, 4.69) is 86.7 Å². The van der Waals surface area contributed by atoms with Gasteiger partial charge >= 0.3 is 0 Å². The molecule has 0 aliphatic heterocycles. The Balaban J connectivity index is 2.07. The van der Waals surface area contributed by atoms with Crippen LogP contribution in [0.5, 0.6) is 0 Å². The highest BCUT2D eigenvalue weighted by Crippen LogP contribution is 2.47. The van der Waals surface area contributed by atoms with Crippen molar-refractivity contribution in [1.82, 2.24) is 0 Å². The lowest BCUT2D eigenvalue weighted by molar-refractivity contribution is 0.341. The Kier molecular flexibility index (Phi) is 3.84. The highest BCUT2D eigenvalue weighted by atomic mass is 16.5. The van der Waals surface area contributed by atoms with Crippen LogP contribution >= 0.6 is 0 Å². The van der Waals surface area contributed by atoms with Crippen LogP contribution in [-0.4, -0.2) is 7.11 Å². The Labute approximate surface area is 165 Å². The van der Waals surface area contributed by atoms with Crippen LogP contribution in [-0.2, 0) is 4.74 Å². The van der Waals surface area contributed by atoms with Crippen molar-refractivity contribution in [2.75, 3.05) is 7.11 Å². The zero-order valence-electron chi connectivity index (χ0n) is 16.4. The van der Waals surface area contributed by atoms with E-state index in [1.807, 2.05) is 0 Å². The minimum atomic E-state index is 1.17. The summed E-state index contributed by atoms with van der Waals surface area (Å²) in [6.07, 6.45) is 6.08. The second-order valence-corrected chi connectivity index (χ2v) is 7.34. The van der Waals surface area contributed by atoms with E-state index >= 15 is 0 Å². The molecular formula is C27H22O. The number of hydrogen-bond acceptors (Lipinski definition) is 1. The highest BCUT2D eigenvalue weighted by molar-refractivity contribution is 6.22. The van der Waals surface area contributed by atoms with Crippen molar-refractivity contribution in [3.05, 3.63) is 95.3 Å². The van der Waals surface area contributed by atoms with Gasteiger partial charge in [-0.3, -0.25) is 0 Å². The maximum atomic E-state index is 5.24. The first-order valence-electron chi connectivity index (χ1n) is 9.69. The summed E-state index contributed by atoms with van der Waals surface area (Å²) in [6, 6.07) is 22.2. The fourth-order valence-electron chi connectivity index (χ4n) is 4.66. The molecule has 0 radical (unpaired) electrons. The first-order chi connectivity index (χ1) is 13.7. The summed E-state index contributed by atoms with van der Waals surface area (Å²) in [6.45, 7) is 4.36. The summed E-state index contributed by atoms with van der Waals surface area (Å²) < 4.78 is 5.24. The largest absolute Gasteiger partial charge is 0.504 e. The van der Waals surface area contributed by atoms with Gasteiger partial charge in [0.1, 0.15) is 0 Å². The fourth-order valence-corrected chi connectivity index (χ4v) is 4.66. The third-order valence-corrected chi connectivity index (χ3v) is 5.83. The van der Waals surface area contributed by atoms with Gasteiger partial charge in [-0.25, -0.2) is 0 Å². The van der Waals surface area contributed by atoms with E-state index < -0.39 is 0 Å². The SMILES string of the molecule is C/C=C1/c2c(C=COC)cccc2-c2cccc3ccc4ccc(C)c1c4c23. The Morgan fingerprint density at radius 3 is 2.25 bits per heavy atom. The van der Waals surface area contributed by atoms with Gasteiger partial charge in [0.25, 0.3) is 0 Å². The molecule has 0 atom stereocenters. The van der Waals surface area contributed by atoms with Crippen LogP contribution in [0.25, 0.3) is 44.3 Å². The minimum Gasteiger partial charge on any atom is -0.504 e. The molecule has 136 valence electrons. The second-order valence-electron chi connectivity index (χ2n) is 7.34. The van der Waals surface area contributed by atoms with E-state index in [-0.39, 0.29) is 0 Å². The van der Waals surface area contributed by atoms with Crippen LogP contribution < -0.4 is 0 Å². The van der Waals surface area contributed by atoms with E-state index in [1.165, 1.54) is 60.5 Å². The molecule has 4 aromatic rings. The van der Waals surface area contributed by atoms with Crippen molar-refractivity contribution in [3.63, 3.8) is 0 Å². The van der Waals surface area contributed by atoms with Crippen molar-refractivity contribution in [2.24, 2.45) is 0 Å². The Morgan fingerprint density at radius 2 is 1.46 bits per heavy atom. The Morgan fingerprint density at radius 1 is 0.750 bits per heavy atom. The maximum absolute atomic E-state index is 5.24. The fraction of sp³-hybridized carbons (Fsp3) is 0.111. The van der Waals surface area contributed by atoms with Gasteiger partial charge in [0.15, 0.2) is 0 Å². The predicted octanol–water partition coefficient (Wildman–Crippen LogP) is 7.35. The number of rotatable bonds is 2. The van der Waals surface area contributed by atoms with Crippen molar-refractivity contribution < 1.29 is 4.74 Å². The first-order valence-corrected chi connectivity index (χ1v) is 9.69. The molecule has 0 fully saturated rings. The number of benzene rings is 4. The normalized spacial score (nSPS) is 14.2. The molecule has 5 rings (SSSR count). The summed E-state index contributed by atoms with van der Waals surface area (Å²) in [7, 11) is 1.69. The van der Waals surface area contributed by atoms with Gasteiger partial charge in [-0.2, -0.15) is 0 Å². The lowest BCUT2D eigenvalue weighted by atomic mass is 9.87. The molecule has 0 aromatic heterocycles. The molecule has 1 nitrogen and oxygen atoms in total. The summed E-state index contributed by atoms with van der Waals surface area (Å²) in [5.41, 5.74) is 8.97. The summed E-state index contributed by atoms with van der Waals surface area (Å²) in [4.78, 5) is 0. The molecule has 0 N–H and O–H groups in total. The van der Waals surface area contributed by atoms with E-state index in [4.69, 9.17) is 4.74 Å². The van der Waals surface area contributed by atoms with Gasteiger partial charge in [-0.1, -0.05) is 66.7 Å². The van der Waals surface area contributed by atoms with E-state index in [0.29, 0.717) is 0 Å². The number of hydrogen-bond donors (Lipinski definition) is 0. The quantitative estimate of drug-likeness (QED) is 0.236. The zero-order valence-corrected chi connectivity index (χ0v) is 16.4. The summed E-state index contributed by atoms with van der Waals surface area (Å²) >= 11 is 0. The van der Waals surface area contributed by atoms with E-state index in [0.717, 1.165) is 0 Å². The molecule has 0 bridgehead atoms. The van der Waals surface area contributed by atoms with Gasteiger partial charge in [-0.05, 0) is 80.4 Å². The Hall–Kier alpha value is -3.32. The molecule has 0 heterocycles. The average molecular weight is 362 g/mol. The van der Waals surface area contributed by atoms with Crippen molar-refractivity contribution in [1.29, 1.82) is 0 Å². The van der Waals surface area contributed by atoms with Gasteiger partial charge in [0.2, 0.25) is 0 Å². The van der Waals surface area contributed by atoms with Gasteiger partial charge < -0.3 is 4.74 Å². The van der Waals surface area contributed by atoms with Crippen LogP contribution in [0.2, 0.25) is 0 Å². The standard InChI is InChI=1S/C27H22O/c1-4-21-24-17(2)11-12-20-14-13-18-7-5-10-23(26(18)27(20)24)22-9-6-8-19(25(21)22)15-16-28-3/h4-16H,1-3H3/b16-15?,21-4+. The first kappa shape index (κ1) is 16.8. The third kappa shape index (κ3) is 2.26. The minimum absolute atomic E-state index is 1.17. The lowest BCUT2D eigenvalue weighted by Gasteiger charge is -2.17. The number of methoxy groups -OCH3 is 1. The number of allylic oxidation sites excluding steroid dienone is 1. The van der Waals surface area contributed by atoms with Gasteiger partial charge in [-0.15, -0.1) is 0 Å². The second kappa shape index (κ2) is 6.38. The van der Waals surface area contributed by atoms with E-state index in [1.54, 1.807) is 13.4 Å². The van der Waals surface area contributed by atoms with Crippen LogP contribution in [0, 0.1) is 6.92 Å². The Bertz CT molecular complexity index is 1310. The van der Waals surface area contributed by atoms with Crippen LogP contribution in [0.3, 0.4) is 0 Å². The summed E-state index contributed by atoms with van der Waals surface area (Å²) in [5, 5.41) is 5.29. The average Bonchev–Trinajstić information content (AvgIpc) is 2.86. The zero-order chi connectivity index (χ0) is 19.3. The molecule has 1 aliphatic rings. The highest BCUT2D eigenvalue weighted by Gasteiger charge is 2.24. The van der Waals surface area contributed by atoms with Crippen molar-refractivity contribution >= 4 is 33.2 Å². The maximum Gasteiger partial charge on any atom is 0.0830 e. The van der Waals surface area contributed by atoms with Crippen molar-refractivity contribution in [3.8, 4) is 11.1 Å². The van der Waals surface area contributed by atoms with Gasteiger partial charge in [0, 0.05) is 0 Å². The van der Waals surface area contributed by atoms with E-state index in [9.17, 15) is 0 Å². The molecule has 28 heavy (non-hydrogen) atoms. The number of aryl methyl sites for hydroxylation is 1. The molecule has 0 spiro atoms. The molecule has 0 saturated heterocycles. The number of fused-ring (bicyclic) bond motifs is 2. The van der Waals surface area contributed by atoms with Crippen LogP contribution in [0.1, 0.15) is 29.2 Å². The molecule has 0 amide bonds. The summed E-state index contributed by atoms with van der Waals surface area (Å²) in [5.74, 6) is 0. The molecular weight excluding hydrogens is 340 g/mol. The molecule has 1 heteroatoms. The smallest absolute Gasteiger partial charge is 0.0830 e. The van der Waals surface area contributed by atoms with Crippen LogP contribution in [0.4, 0.5) is 0 Å². The predicted molar refractivity (Wildman–Crippen MR) is 120 cm³/mol. The number of ether oxygens (including phenoxy) is 1. The van der Waals surface area contributed by atoms with Crippen molar-refractivity contribution in [2.45, 2.75) is 13.8 Å². The molecule has 4 aromatic carbocycles. The molecule has 0 saturated carbocycles. The third-order valence-electron chi connectivity index (χ3n) is 5.83. The lowest BCUT2D eigenvalue weighted by Crippen LogP contribution is -1.96. The van der Waals surface area contributed by atoms with Gasteiger partial charge in [0.05, 0.1) is 13.4 Å². The molecule has 1 aliphatic carbocycles. The topological polar surface area (TPSA) is 9.23 Å².